The average Bonchev–Trinajstić information content (AvgIpc) is 3.22. The molecular weight excluding hydrogens is 424 g/mol. The van der Waals surface area contributed by atoms with Crippen LogP contribution in [0.5, 0.6) is 11.5 Å². The number of rotatable bonds is 4. The molecule has 0 radical (unpaired) electrons. The van der Waals surface area contributed by atoms with Crippen LogP contribution >= 0.6 is 11.8 Å². The van der Waals surface area contributed by atoms with Gasteiger partial charge in [0.1, 0.15) is 0 Å². The third-order valence-electron chi connectivity index (χ3n) is 5.41. The van der Waals surface area contributed by atoms with Crippen molar-refractivity contribution >= 4 is 27.0 Å². The summed E-state index contributed by atoms with van der Waals surface area (Å²) in [6.07, 6.45) is 2.95. The number of nitrogens with zero attached hydrogens (tertiary/aromatic N) is 2. The quantitative estimate of drug-likeness (QED) is 0.666. The van der Waals surface area contributed by atoms with Gasteiger partial charge in [-0.3, -0.25) is 4.99 Å². The summed E-state index contributed by atoms with van der Waals surface area (Å²) in [4.78, 5) is 6.77. The van der Waals surface area contributed by atoms with Gasteiger partial charge in [0.15, 0.2) is 16.7 Å². The van der Waals surface area contributed by atoms with Crippen LogP contribution in [0.25, 0.3) is 0 Å². The largest absolute Gasteiger partial charge is 0.454 e. The van der Waals surface area contributed by atoms with E-state index in [1.54, 1.807) is 11.8 Å². The Morgan fingerprint density at radius 3 is 2.73 bits per heavy atom. The number of ether oxygens (including phenoxy) is 2. The van der Waals surface area contributed by atoms with Gasteiger partial charge in [0.2, 0.25) is 12.5 Å². The van der Waals surface area contributed by atoms with Crippen LogP contribution in [0, 0.1) is 0 Å². The van der Waals surface area contributed by atoms with Crippen LogP contribution in [0.1, 0.15) is 29.2 Å². The molecule has 0 N–H and O–H groups in total. The van der Waals surface area contributed by atoms with Crippen molar-refractivity contribution < 1.29 is 22.1 Å². The molecule has 3 heterocycles. The summed E-state index contributed by atoms with van der Waals surface area (Å²) in [7, 11) is -3.81. The van der Waals surface area contributed by atoms with Crippen LogP contribution in [0.15, 0.2) is 53.5 Å². The van der Waals surface area contributed by atoms with Crippen molar-refractivity contribution in [1.29, 1.82) is 0 Å². The SMILES string of the molecule is CS(=O)(=O)OC1(c2ccc3c(c2)OCO3)C(c2ccccc2)SC2=NCCCCN21. The van der Waals surface area contributed by atoms with Gasteiger partial charge in [-0.25, -0.2) is 4.18 Å². The van der Waals surface area contributed by atoms with E-state index in [1.165, 1.54) is 0 Å². The standard InChI is InChI=1S/C21H22N2O5S2/c1-30(24,25)28-21(16-9-10-17-18(13-16)27-14-26-17)19(15-7-3-2-4-8-15)29-20-22-11-5-6-12-23(20)21/h2-4,7-10,13,19H,5-6,11-12,14H2,1H3. The maximum Gasteiger partial charge on any atom is 0.267 e. The third kappa shape index (κ3) is 3.34. The van der Waals surface area contributed by atoms with Crippen LogP contribution in [-0.4, -0.2) is 44.6 Å². The summed E-state index contributed by atoms with van der Waals surface area (Å²) in [6, 6.07) is 15.3. The first-order valence-corrected chi connectivity index (χ1v) is 12.5. The lowest BCUT2D eigenvalue weighted by molar-refractivity contribution is -0.0392. The van der Waals surface area contributed by atoms with Crippen LogP contribution in [-0.2, 0) is 20.0 Å². The molecule has 30 heavy (non-hydrogen) atoms. The number of fused-ring (bicyclic) bond motifs is 2. The highest BCUT2D eigenvalue weighted by atomic mass is 32.2. The van der Waals surface area contributed by atoms with E-state index in [-0.39, 0.29) is 12.0 Å². The van der Waals surface area contributed by atoms with Crippen molar-refractivity contribution in [2.24, 2.45) is 4.99 Å². The Morgan fingerprint density at radius 1 is 1.13 bits per heavy atom. The Balaban J connectivity index is 1.75. The maximum absolute atomic E-state index is 12.6. The smallest absolute Gasteiger partial charge is 0.267 e. The van der Waals surface area contributed by atoms with E-state index in [9.17, 15) is 8.42 Å². The van der Waals surface area contributed by atoms with E-state index in [4.69, 9.17) is 18.6 Å². The molecule has 9 heteroatoms. The van der Waals surface area contributed by atoms with Gasteiger partial charge in [-0.2, -0.15) is 8.42 Å². The number of thioether (sulfide) groups is 1. The Kier molecular flexibility index (Phi) is 4.91. The molecule has 0 aromatic heterocycles. The second-order valence-electron chi connectivity index (χ2n) is 7.48. The van der Waals surface area contributed by atoms with E-state index in [1.807, 2.05) is 53.4 Å². The molecule has 0 saturated carbocycles. The fourth-order valence-electron chi connectivity index (χ4n) is 4.19. The highest BCUT2D eigenvalue weighted by molar-refractivity contribution is 8.14. The van der Waals surface area contributed by atoms with Crippen LogP contribution in [0.3, 0.4) is 0 Å². The molecule has 0 bridgehead atoms. The van der Waals surface area contributed by atoms with Crippen molar-refractivity contribution in [1.82, 2.24) is 4.90 Å². The molecule has 158 valence electrons. The molecule has 3 aliphatic heterocycles. The Bertz CT molecular complexity index is 1090. The highest BCUT2D eigenvalue weighted by Gasteiger charge is 2.58. The average molecular weight is 447 g/mol. The molecule has 2 unspecified atom stereocenters. The van der Waals surface area contributed by atoms with Crippen molar-refractivity contribution in [3.05, 3.63) is 59.7 Å². The highest BCUT2D eigenvalue weighted by Crippen LogP contribution is 2.58. The first kappa shape index (κ1) is 19.7. The second kappa shape index (κ2) is 7.47. The Morgan fingerprint density at radius 2 is 1.93 bits per heavy atom. The zero-order chi connectivity index (χ0) is 20.8. The van der Waals surface area contributed by atoms with E-state index >= 15 is 0 Å². The summed E-state index contributed by atoms with van der Waals surface area (Å²) in [6.45, 7) is 1.52. The summed E-state index contributed by atoms with van der Waals surface area (Å²) >= 11 is 1.55. The Labute approximate surface area is 180 Å². The fourth-order valence-corrected chi connectivity index (χ4v) is 6.49. The van der Waals surface area contributed by atoms with Crippen molar-refractivity contribution in [3.63, 3.8) is 0 Å². The minimum atomic E-state index is -3.81. The molecule has 2 aromatic rings. The zero-order valence-corrected chi connectivity index (χ0v) is 18.1. The molecule has 2 atom stereocenters. The molecule has 0 spiro atoms. The molecule has 1 saturated heterocycles. The van der Waals surface area contributed by atoms with Gasteiger partial charge in [-0.05, 0) is 30.5 Å². The maximum atomic E-state index is 12.6. The van der Waals surface area contributed by atoms with Gasteiger partial charge < -0.3 is 14.4 Å². The predicted octanol–water partition coefficient (Wildman–Crippen LogP) is 3.48. The van der Waals surface area contributed by atoms with Crippen molar-refractivity contribution in [3.8, 4) is 11.5 Å². The lowest BCUT2D eigenvalue weighted by atomic mass is 9.92. The van der Waals surface area contributed by atoms with Gasteiger partial charge in [-0.1, -0.05) is 48.2 Å². The van der Waals surface area contributed by atoms with Crippen molar-refractivity contribution in [2.45, 2.75) is 23.8 Å². The van der Waals surface area contributed by atoms with E-state index < -0.39 is 15.8 Å². The van der Waals surface area contributed by atoms with Gasteiger partial charge in [-0.15, -0.1) is 0 Å². The molecule has 2 aromatic carbocycles. The van der Waals surface area contributed by atoms with Gasteiger partial charge in [0, 0.05) is 18.7 Å². The van der Waals surface area contributed by atoms with Gasteiger partial charge >= 0.3 is 0 Å². The zero-order valence-electron chi connectivity index (χ0n) is 16.5. The topological polar surface area (TPSA) is 77.4 Å². The summed E-state index contributed by atoms with van der Waals surface area (Å²) in [5.41, 5.74) is 0.397. The number of hydrogen-bond acceptors (Lipinski definition) is 8. The minimum Gasteiger partial charge on any atom is -0.454 e. The van der Waals surface area contributed by atoms with Crippen LogP contribution < -0.4 is 9.47 Å². The molecule has 5 rings (SSSR count). The number of hydrogen-bond donors (Lipinski definition) is 0. The first-order chi connectivity index (χ1) is 14.5. The number of amidine groups is 1. The summed E-state index contributed by atoms with van der Waals surface area (Å²) in [5, 5.41) is 0.480. The second-order valence-corrected chi connectivity index (χ2v) is 10.1. The van der Waals surface area contributed by atoms with E-state index in [2.05, 4.69) is 0 Å². The molecule has 7 nitrogen and oxygen atoms in total. The number of aliphatic imine (C=N–C) groups is 1. The fraction of sp³-hybridized carbons (Fsp3) is 0.381. The molecule has 3 aliphatic rings. The molecular formula is C21H22N2O5S2. The summed E-state index contributed by atoms with van der Waals surface area (Å²) in [5.74, 6) is 1.22. The van der Waals surface area contributed by atoms with Crippen LogP contribution in [0.4, 0.5) is 0 Å². The lowest BCUT2D eigenvalue weighted by Gasteiger charge is -2.41. The van der Waals surface area contributed by atoms with Gasteiger partial charge in [0.25, 0.3) is 10.1 Å². The molecule has 1 fully saturated rings. The third-order valence-corrected chi connectivity index (χ3v) is 7.36. The van der Waals surface area contributed by atoms with Gasteiger partial charge in [0.05, 0.1) is 11.5 Å². The molecule has 0 amide bonds. The lowest BCUT2D eigenvalue weighted by Crippen LogP contribution is -2.49. The predicted molar refractivity (Wildman–Crippen MR) is 115 cm³/mol. The Hall–Kier alpha value is -2.23. The molecule has 0 aliphatic carbocycles. The van der Waals surface area contributed by atoms with Crippen molar-refractivity contribution in [2.75, 3.05) is 26.1 Å². The summed E-state index contributed by atoms with van der Waals surface area (Å²) < 4.78 is 42.2. The monoisotopic (exact) mass is 446 g/mol. The van der Waals surface area contributed by atoms with E-state index in [0.29, 0.717) is 23.6 Å². The normalized spacial score (nSPS) is 25.6. The number of benzene rings is 2. The van der Waals surface area contributed by atoms with Crippen LogP contribution in [0.2, 0.25) is 0 Å². The minimum absolute atomic E-state index is 0.145. The van der Waals surface area contributed by atoms with E-state index in [0.717, 1.165) is 36.4 Å². The first-order valence-electron chi connectivity index (χ1n) is 9.82.